The lowest BCUT2D eigenvalue weighted by atomic mass is 10.2. The first-order valence-corrected chi connectivity index (χ1v) is 5.10. The van der Waals surface area contributed by atoms with Crippen LogP contribution in [-0.2, 0) is 0 Å². The molecule has 0 bridgehead atoms. The number of nitrogens with one attached hydrogen (secondary N) is 1. The second kappa shape index (κ2) is 5.16. The minimum atomic E-state index is 0.513. The van der Waals surface area contributed by atoms with Gasteiger partial charge >= 0.3 is 0 Å². The SMILES string of the molecule is COc1cccc(Nc2ncccn2)c1OC. The van der Waals surface area contributed by atoms with E-state index in [-0.39, 0.29) is 0 Å². The highest BCUT2D eigenvalue weighted by atomic mass is 16.5. The maximum absolute atomic E-state index is 5.30. The summed E-state index contributed by atoms with van der Waals surface area (Å²) in [4.78, 5) is 8.17. The van der Waals surface area contributed by atoms with E-state index in [0.29, 0.717) is 17.4 Å². The standard InChI is InChI=1S/C12H13N3O2/c1-16-10-6-3-5-9(11(10)17-2)15-12-13-7-4-8-14-12/h3-8H,1-2H3,(H,13,14,15). The predicted molar refractivity (Wildman–Crippen MR) is 64.9 cm³/mol. The van der Waals surface area contributed by atoms with Gasteiger partial charge in [0.05, 0.1) is 19.9 Å². The molecule has 1 aromatic heterocycles. The van der Waals surface area contributed by atoms with Gasteiger partial charge in [0, 0.05) is 12.4 Å². The molecule has 5 nitrogen and oxygen atoms in total. The molecule has 2 aromatic rings. The third-order valence-corrected chi connectivity index (χ3v) is 2.22. The molecular weight excluding hydrogens is 218 g/mol. The molecule has 17 heavy (non-hydrogen) atoms. The van der Waals surface area contributed by atoms with Crippen molar-refractivity contribution in [1.29, 1.82) is 0 Å². The van der Waals surface area contributed by atoms with Crippen LogP contribution < -0.4 is 14.8 Å². The first-order chi connectivity index (χ1) is 8.35. The highest BCUT2D eigenvalue weighted by molar-refractivity contribution is 5.67. The van der Waals surface area contributed by atoms with E-state index < -0.39 is 0 Å². The maximum Gasteiger partial charge on any atom is 0.227 e. The number of nitrogens with zero attached hydrogens (tertiary/aromatic N) is 2. The van der Waals surface area contributed by atoms with E-state index in [1.54, 1.807) is 32.7 Å². The fraction of sp³-hybridized carbons (Fsp3) is 0.167. The molecule has 0 amide bonds. The Morgan fingerprint density at radius 3 is 2.41 bits per heavy atom. The van der Waals surface area contributed by atoms with Gasteiger partial charge in [0.25, 0.3) is 0 Å². The average Bonchev–Trinajstić information content (AvgIpc) is 2.39. The van der Waals surface area contributed by atoms with Gasteiger partial charge in [0.2, 0.25) is 5.95 Å². The van der Waals surface area contributed by atoms with Gasteiger partial charge in [-0.2, -0.15) is 0 Å². The Kier molecular flexibility index (Phi) is 3.40. The summed E-state index contributed by atoms with van der Waals surface area (Å²) in [6, 6.07) is 7.33. The van der Waals surface area contributed by atoms with Crippen LogP contribution in [0.15, 0.2) is 36.7 Å². The third kappa shape index (κ3) is 2.44. The Balaban J connectivity index is 2.33. The molecule has 1 heterocycles. The number of anilines is 2. The van der Waals surface area contributed by atoms with E-state index in [1.165, 1.54) is 0 Å². The summed E-state index contributed by atoms with van der Waals surface area (Å²) < 4.78 is 10.5. The molecule has 0 fully saturated rings. The summed E-state index contributed by atoms with van der Waals surface area (Å²) in [5.41, 5.74) is 0.762. The van der Waals surface area contributed by atoms with Crippen molar-refractivity contribution in [3.05, 3.63) is 36.7 Å². The molecule has 0 radical (unpaired) electrons. The van der Waals surface area contributed by atoms with Crippen molar-refractivity contribution >= 4 is 11.6 Å². The van der Waals surface area contributed by atoms with Crippen molar-refractivity contribution in [2.24, 2.45) is 0 Å². The Morgan fingerprint density at radius 1 is 1.00 bits per heavy atom. The number of hydrogen-bond acceptors (Lipinski definition) is 5. The van der Waals surface area contributed by atoms with E-state index >= 15 is 0 Å². The fourth-order valence-electron chi connectivity index (χ4n) is 1.47. The van der Waals surface area contributed by atoms with Gasteiger partial charge in [0.1, 0.15) is 0 Å². The van der Waals surface area contributed by atoms with Gasteiger partial charge in [0.15, 0.2) is 11.5 Å². The molecule has 0 saturated carbocycles. The van der Waals surface area contributed by atoms with Crippen LogP contribution >= 0.6 is 0 Å². The van der Waals surface area contributed by atoms with E-state index in [2.05, 4.69) is 15.3 Å². The van der Waals surface area contributed by atoms with Crippen LogP contribution in [0, 0.1) is 0 Å². The number of methoxy groups -OCH3 is 2. The zero-order valence-corrected chi connectivity index (χ0v) is 9.68. The van der Waals surface area contributed by atoms with Gasteiger partial charge in [-0.3, -0.25) is 0 Å². The normalized spacial score (nSPS) is 9.76. The monoisotopic (exact) mass is 231 g/mol. The average molecular weight is 231 g/mol. The van der Waals surface area contributed by atoms with Gasteiger partial charge in [-0.05, 0) is 18.2 Å². The summed E-state index contributed by atoms with van der Waals surface area (Å²) in [7, 11) is 3.19. The Morgan fingerprint density at radius 2 is 1.76 bits per heavy atom. The molecule has 5 heteroatoms. The molecule has 0 atom stereocenters. The number of rotatable bonds is 4. The highest BCUT2D eigenvalue weighted by Gasteiger charge is 2.09. The van der Waals surface area contributed by atoms with Crippen molar-refractivity contribution in [2.45, 2.75) is 0 Å². The summed E-state index contributed by atoms with van der Waals surface area (Å²) >= 11 is 0. The number of para-hydroxylation sites is 1. The van der Waals surface area contributed by atoms with Crippen molar-refractivity contribution in [3.63, 3.8) is 0 Å². The fourth-order valence-corrected chi connectivity index (χ4v) is 1.47. The second-order valence-corrected chi connectivity index (χ2v) is 3.24. The van der Waals surface area contributed by atoms with Crippen LogP contribution in [0.5, 0.6) is 11.5 Å². The molecule has 0 aliphatic heterocycles. The smallest absolute Gasteiger partial charge is 0.227 e. The molecule has 2 rings (SSSR count). The van der Waals surface area contributed by atoms with Crippen LogP contribution in [-0.4, -0.2) is 24.2 Å². The van der Waals surface area contributed by atoms with Crippen molar-refractivity contribution in [2.75, 3.05) is 19.5 Å². The van der Waals surface area contributed by atoms with E-state index in [1.807, 2.05) is 18.2 Å². The molecule has 0 saturated heterocycles. The van der Waals surface area contributed by atoms with Crippen LogP contribution in [0.4, 0.5) is 11.6 Å². The zero-order chi connectivity index (χ0) is 12.1. The topological polar surface area (TPSA) is 56.3 Å². The summed E-state index contributed by atoms with van der Waals surface area (Å²) in [6.45, 7) is 0. The Labute approximate surface area is 99.4 Å². The highest BCUT2D eigenvalue weighted by Crippen LogP contribution is 2.35. The van der Waals surface area contributed by atoms with Gasteiger partial charge in [-0.25, -0.2) is 9.97 Å². The first-order valence-electron chi connectivity index (χ1n) is 5.10. The molecule has 88 valence electrons. The van der Waals surface area contributed by atoms with Gasteiger partial charge < -0.3 is 14.8 Å². The largest absolute Gasteiger partial charge is 0.493 e. The first kappa shape index (κ1) is 11.2. The van der Waals surface area contributed by atoms with Crippen LogP contribution in [0.25, 0.3) is 0 Å². The zero-order valence-electron chi connectivity index (χ0n) is 9.68. The molecule has 1 N–H and O–H groups in total. The lowest BCUT2D eigenvalue weighted by Crippen LogP contribution is -1.99. The number of aromatic nitrogens is 2. The quantitative estimate of drug-likeness (QED) is 0.874. The predicted octanol–water partition coefficient (Wildman–Crippen LogP) is 2.24. The van der Waals surface area contributed by atoms with E-state index in [9.17, 15) is 0 Å². The molecular formula is C12H13N3O2. The minimum Gasteiger partial charge on any atom is -0.493 e. The second-order valence-electron chi connectivity index (χ2n) is 3.24. The molecule has 0 unspecified atom stereocenters. The van der Waals surface area contributed by atoms with Gasteiger partial charge in [-0.15, -0.1) is 0 Å². The number of ether oxygens (including phenoxy) is 2. The van der Waals surface area contributed by atoms with Crippen LogP contribution in [0.2, 0.25) is 0 Å². The van der Waals surface area contributed by atoms with Crippen molar-refractivity contribution in [1.82, 2.24) is 9.97 Å². The summed E-state index contributed by atoms with van der Waals surface area (Å²) in [5.74, 6) is 1.80. The Bertz CT molecular complexity index is 488. The minimum absolute atomic E-state index is 0.513. The lowest BCUT2D eigenvalue weighted by molar-refractivity contribution is 0.356. The lowest BCUT2D eigenvalue weighted by Gasteiger charge is -2.12. The van der Waals surface area contributed by atoms with Gasteiger partial charge in [-0.1, -0.05) is 6.07 Å². The Hall–Kier alpha value is -2.30. The molecule has 1 aromatic carbocycles. The number of benzene rings is 1. The third-order valence-electron chi connectivity index (χ3n) is 2.22. The number of hydrogen-bond donors (Lipinski definition) is 1. The molecule has 0 aliphatic carbocycles. The molecule has 0 aliphatic rings. The summed E-state index contributed by atoms with van der Waals surface area (Å²) in [6.07, 6.45) is 3.34. The van der Waals surface area contributed by atoms with Crippen LogP contribution in [0.1, 0.15) is 0 Å². The van der Waals surface area contributed by atoms with E-state index in [0.717, 1.165) is 5.69 Å². The maximum atomic E-state index is 5.30. The summed E-state index contributed by atoms with van der Waals surface area (Å²) in [5, 5.41) is 3.07. The van der Waals surface area contributed by atoms with E-state index in [4.69, 9.17) is 9.47 Å². The van der Waals surface area contributed by atoms with Crippen molar-refractivity contribution < 1.29 is 9.47 Å². The van der Waals surface area contributed by atoms with Crippen molar-refractivity contribution in [3.8, 4) is 11.5 Å². The van der Waals surface area contributed by atoms with Crippen LogP contribution in [0.3, 0.4) is 0 Å². The molecule has 0 spiro atoms.